The Bertz CT molecular complexity index is 6190. The SMILES string of the molecule is CC(C)(C)c1cc(-c2ccc(-c3ccccc3)cc2)c(N2c3ccc(-c4ccccc4)cc3B3c4cc(-c5ccccc5)ccc4N(c4c(-c5ccc6ccc7ccccc7c6c5)cc(C(C)(C)C)cc4-c4ccc5ccc6ccccc6c5c4)c4cc(C(C)(C)C)cc2c43)c(-c2ccc(-c3ccccc3)cc2)c1. The smallest absolute Gasteiger partial charge is 0.252 e. The Morgan fingerprint density at radius 3 is 0.826 bits per heavy atom. The summed E-state index contributed by atoms with van der Waals surface area (Å²) in [6, 6.07) is 134. The zero-order chi connectivity index (χ0) is 74.0. The third-order valence-corrected chi connectivity index (χ3v) is 23.3. The third-order valence-electron chi connectivity index (χ3n) is 23.3. The lowest BCUT2D eigenvalue weighted by Gasteiger charge is -2.47. The minimum Gasteiger partial charge on any atom is -0.310 e. The molecule has 0 amide bonds. The normalized spacial score (nSPS) is 12.8. The Kier molecular flexibility index (Phi) is 16.1. The highest BCUT2D eigenvalue weighted by molar-refractivity contribution is 7.00. The van der Waals surface area contributed by atoms with E-state index < -0.39 is 0 Å². The van der Waals surface area contributed by atoms with Crippen LogP contribution in [0.2, 0.25) is 0 Å². The summed E-state index contributed by atoms with van der Waals surface area (Å²) in [6.07, 6.45) is 0. The molecule has 19 rings (SSSR count). The molecule has 17 aromatic carbocycles. The van der Waals surface area contributed by atoms with Crippen molar-refractivity contribution < 1.29 is 0 Å². The van der Waals surface area contributed by atoms with Gasteiger partial charge in [0.1, 0.15) is 0 Å². The molecule has 3 heteroatoms. The molecule has 0 saturated heterocycles. The summed E-state index contributed by atoms with van der Waals surface area (Å²) < 4.78 is 0. The number of hydrogen-bond acceptors (Lipinski definition) is 2. The van der Waals surface area contributed by atoms with Crippen molar-refractivity contribution in [1.29, 1.82) is 0 Å². The quantitative estimate of drug-likeness (QED) is 0.0995. The first-order valence-electron chi connectivity index (χ1n) is 38.6. The lowest BCUT2D eigenvalue weighted by atomic mass is 9.33. The van der Waals surface area contributed by atoms with Crippen molar-refractivity contribution in [2.45, 2.75) is 78.6 Å². The average Bonchev–Trinajstić information content (AvgIpc) is 0.684. The molecule has 2 nitrogen and oxygen atoms in total. The van der Waals surface area contributed by atoms with Gasteiger partial charge in [0.25, 0.3) is 6.71 Å². The van der Waals surface area contributed by atoms with Crippen molar-refractivity contribution in [2.75, 3.05) is 9.80 Å². The van der Waals surface area contributed by atoms with E-state index >= 15 is 0 Å². The van der Waals surface area contributed by atoms with Gasteiger partial charge in [-0.15, -0.1) is 0 Å². The minimum atomic E-state index is -0.337. The fourth-order valence-electron chi connectivity index (χ4n) is 17.3. The monoisotopic (exact) mass is 1400 g/mol. The molecule has 2 aliphatic heterocycles. The number of fused-ring (bicyclic) bond motifs is 10. The number of hydrogen-bond donors (Lipinski definition) is 0. The predicted octanol–water partition coefficient (Wildman–Crippen LogP) is 27.6. The highest BCUT2D eigenvalue weighted by Gasteiger charge is 2.47. The van der Waals surface area contributed by atoms with E-state index in [0.29, 0.717) is 0 Å². The molecule has 0 fully saturated rings. The first kappa shape index (κ1) is 67.1. The van der Waals surface area contributed by atoms with Crippen LogP contribution >= 0.6 is 0 Å². The second-order valence-corrected chi connectivity index (χ2v) is 33.2. The Morgan fingerprint density at radius 2 is 0.468 bits per heavy atom. The van der Waals surface area contributed by atoms with Crippen molar-refractivity contribution >= 4 is 100 Å². The Labute approximate surface area is 642 Å². The summed E-state index contributed by atoms with van der Waals surface area (Å²) >= 11 is 0. The van der Waals surface area contributed by atoms with Crippen LogP contribution in [-0.4, -0.2) is 6.71 Å². The molecule has 109 heavy (non-hydrogen) atoms. The summed E-state index contributed by atoms with van der Waals surface area (Å²) in [6.45, 7) is 21.2. The summed E-state index contributed by atoms with van der Waals surface area (Å²) in [7, 11) is 0. The Hall–Kier alpha value is -12.6. The summed E-state index contributed by atoms with van der Waals surface area (Å²) in [4.78, 5) is 5.49. The van der Waals surface area contributed by atoms with E-state index in [1.807, 2.05) is 0 Å². The largest absolute Gasteiger partial charge is 0.310 e. The maximum absolute atomic E-state index is 2.76. The first-order valence-corrected chi connectivity index (χ1v) is 38.6. The van der Waals surface area contributed by atoms with Crippen molar-refractivity contribution in [1.82, 2.24) is 0 Å². The first-order chi connectivity index (χ1) is 52.9. The van der Waals surface area contributed by atoms with Crippen LogP contribution in [0.3, 0.4) is 0 Å². The summed E-state index contributed by atoms with van der Waals surface area (Å²) in [5, 5.41) is 9.83. The van der Waals surface area contributed by atoms with Gasteiger partial charge in [0, 0.05) is 45.0 Å². The van der Waals surface area contributed by atoms with Gasteiger partial charge in [0.2, 0.25) is 0 Å². The zero-order valence-corrected chi connectivity index (χ0v) is 63.5. The van der Waals surface area contributed by atoms with Gasteiger partial charge in [-0.25, -0.2) is 0 Å². The Balaban J connectivity index is 0.984. The van der Waals surface area contributed by atoms with Crippen LogP contribution in [0.4, 0.5) is 34.1 Å². The molecule has 0 spiro atoms. The maximum atomic E-state index is 2.76. The fourth-order valence-corrected chi connectivity index (χ4v) is 17.3. The number of benzene rings is 17. The predicted molar refractivity (Wildman–Crippen MR) is 470 cm³/mol. The van der Waals surface area contributed by atoms with Crippen LogP contribution in [-0.2, 0) is 16.2 Å². The highest BCUT2D eigenvalue weighted by Crippen LogP contribution is 2.56. The van der Waals surface area contributed by atoms with Gasteiger partial charge in [0.05, 0.1) is 11.4 Å². The van der Waals surface area contributed by atoms with E-state index in [2.05, 4.69) is 424 Å². The van der Waals surface area contributed by atoms with Gasteiger partial charge in [-0.2, -0.15) is 0 Å². The average molecular weight is 1400 g/mol. The van der Waals surface area contributed by atoms with E-state index in [0.717, 1.165) is 67.5 Å². The molecule has 0 atom stereocenters. The summed E-state index contributed by atoms with van der Waals surface area (Å²) in [5.74, 6) is 0. The number of anilines is 6. The molecule has 0 unspecified atom stereocenters. The van der Waals surface area contributed by atoms with Gasteiger partial charge in [-0.3, -0.25) is 0 Å². The molecule has 0 radical (unpaired) electrons. The lowest BCUT2D eigenvalue weighted by Crippen LogP contribution is -2.61. The topological polar surface area (TPSA) is 6.48 Å². The van der Waals surface area contributed by atoms with Crippen molar-refractivity contribution in [3.8, 4) is 89.0 Å². The van der Waals surface area contributed by atoms with Crippen LogP contribution < -0.4 is 26.2 Å². The lowest BCUT2D eigenvalue weighted by molar-refractivity contribution is 0.590. The molecule has 0 N–H and O–H groups in total. The molecule has 17 aromatic rings. The molecule has 0 bridgehead atoms. The Morgan fingerprint density at radius 1 is 0.202 bits per heavy atom. The van der Waals surface area contributed by atoms with Gasteiger partial charge >= 0.3 is 0 Å². The van der Waals surface area contributed by atoms with Crippen LogP contribution in [0.1, 0.15) is 79.0 Å². The van der Waals surface area contributed by atoms with Crippen LogP contribution in [0.15, 0.2) is 352 Å². The molecule has 0 saturated carbocycles. The minimum absolute atomic E-state index is 0.230. The van der Waals surface area contributed by atoms with Gasteiger partial charge < -0.3 is 9.80 Å². The van der Waals surface area contributed by atoms with E-state index in [4.69, 9.17) is 0 Å². The zero-order valence-electron chi connectivity index (χ0n) is 63.5. The number of rotatable bonds is 10. The standard InChI is InChI=1S/C106H85BN2/c1-104(2,3)84-62-91(78-42-38-72(39-43-78)68-26-14-10-15-27-68)102(92(63-84)79-44-40-73(41-45-79)69-28-16-11-17-29-69)108-97-56-54-80(70-30-18-12-19-31-70)60-95(97)107-96-61-81(71-32-20-13-21-33-71)55-57-98(96)109(100-67-86(106(7,8)9)66-99(108)101(100)107)103-93(82-52-50-76-48-46-74-34-22-24-36-87(74)89(76)58-82)64-85(105(4,5)6)65-94(103)83-53-51-77-49-47-75-35-23-25-37-88(75)90(77)59-83/h10-67H,1-9H3. The highest BCUT2D eigenvalue weighted by atomic mass is 15.2. The summed E-state index contributed by atoms with van der Waals surface area (Å²) in [5.41, 5.74) is 32.3. The van der Waals surface area contributed by atoms with E-state index in [9.17, 15) is 0 Å². The van der Waals surface area contributed by atoms with Crippen molar-refractivity contribution in [2.24, 2.45) is 0 Å². The van der Waals surface area contributed by atoms with Gasteiger partial charge in [-0.1, -0.05) is 353 Å². The van der Waals surface area contributed by atoms with E-state index in [1.165, 1.54) is 132 Å². The van der Waals surface area contributed by atoms with Gasteiger partial charge in [0.15, 0.2) is 0 Å². The molecular formula is C106H85BN2. The second-order valence-electron chi connectivity index (χ2n) is 33.2. The third kappa shape index (κ3) is 11.8. The van der Waals surface area contributed by atoms with Crippen LogP contribution in [0.25, 0.3) is 132 Å². The molecule has 0 aromatic heterocycles. The van der Waals surface area contributed by atoms with Crippen LogP contribution in [0, 0.1) is 0 Å². The maximum Gasteiger partial charge on any atom is 0.252 e. The van der Waals surface area contributed by atoms with E-state index in [1.54, 1.807) is 0 Å². The number of nitrogens with zero attached hydrogens (tertiary/aromatic N) is 2. The second kappa shape index (κ2) is 26.1. The molecule has 522 valence electrons. The fraction of sp³-hybridized carbons (Fsp3) is 0.113. The van der Waals surface area contributed by atoms with E-state index in [-0.39, 0.29) is 23.0 Å². The van der Waals surface area contributed by atoms with Crippen LogP contribution in [0.5, 0.6) is 0 Å². The molecule has 2 heterocycles. The van der Waals surface area contributed by atoms with Crippen molar-refractivity contribution in [3.05, 3.63) is 369 Å². The van der Waals surface area contributed by atoms with Crippen molar-refractivity contribution in [3.63, 3.8) is 0 Å². The molecule has 2 aliphatic rings. The molecular weight excluding hydrogens is 1310 g/mol. The van der Waals surface area contributed by atoms with Gasteiger partial charge in [-0.05, 0) is 220 Å². The molecule has 0 aliphatic carbocycles.